The Morgan fingerprint density at radius 1 is 1.36 bits per heavy atom. The summed E-state index contributed by atoms with van der Waals surface area (Å²) in [6, 6.07) is 3.74. The number of hydrogen-bond donors (Lipinski definition) is 1. The largest absolute Gasteiger partial charge is 0.398 e. The summed E-state index contributed by atoms with van der Waals surface area (Å²) < 4.78 is 40.7. The lowest BCUT2D eigenvalue weighted by atomic mass is 10.2. The molecule has 14 heavy (non-hydrogen) atoms. The number of alkyl halides is 2. The molecular formula is C9H10F3NO. The van der Waals surface area contributed by atoms with E-state index in [-0.39, 0.29) is 6.61 Å². The zero-order valence-corrected chi connectivity index (χ0v) is 7.34. The van der Waals surface area contributed by atoms with Crippen LogP contribution < -0.4 is 5.73 Å². The predicted molar refractivity (Wildman–Crippen MR) is 46.5 cm³/mol. The first-order valence-corrected chi connectivity index (χ1v) is 3.99. The highest BCUT2D eigenvalue weighted by molar-refractivity contribution is 5.46. The molecular weight excluding hydrogens is 195 g/mol. The number of rotatable bonds is 4. The van der Waals surface area contributed by atoms with Gasteiger partial charge in [0.15, 0.2) is 0 Å². The molecule has 0 radical (unpaired) electrons. The predicted octanol–water partition coefficient (Wildman–Crippen LogP) is 2.19. The van der Waals surface area contributed by atoms with Gasteiger partial charge in [0.1, 0.15) is 12.4 Å². The van der Waals surface area contributed by atoms with Crippen molar-refractivity contribution in [3.63, 3.8) is 0 Å². The number of nitrogens with two attached hydrogens (primary N) is 1. The molecule has 5 heteroatoms. The van der Waals surface area contributed by atoms with Crippen LogP contribution in [0.1, 0.15) is 5.56 Å². The minimum atomic E-state index is -2.52. The molecule has 0 atom stereocenters. The molecule has 0 aliphatic rings. The normalized spacial score (nSPS) is 10.9. The Kier molecular flexibility index (Phi) is 3.76. The average molecular weight is 205 g/mol. The van der Waals surface area contributed by atoms with Gasteiger partial charge in [0, 0.05) is 11.3 Å². The van der Waals surface area contributed by atoms with Gasteiger partial charge in [-0.25, -0.2) is 13.2 Å². The lowest BCUT2D eigenvalue weighted by molar-refractivity contribution is 0.00999. The first kappa shape index (κ1) is 10.8. The number of nitrogen functional groups attached to an aromatic ring is 1. The van der Waals surface area contributed by atoms with E-state index in [0.29, 0.717) is 11.3 Å². The van der Waals surface area contributed by atoms with Crippen molar-refractivity contribution in [2.24, 2.45) is 0 Å². The molecule has 1 aromatic rings. The van der Waals surface area contributed by atoms with Crippen LogP contribution in [0.5, 0.6) is 0 Å². The van der Waals surface area contributed by atoms with Gasteiger partial charge in [-0.1, -0.05) is 0 Å². The smallest absolute Gasteiger partial charge is 0.261 e. The summed E-state index contributed by atoms with van der Waals surface area (Å²) in [6.07, 6.45) is -2.52. The minimum absolute atomic E-state index is 0.103. The molecule has 0 spiro atoms. The molecule has 0 fully saturated rings. The van der Waals surface area contributed by atoms with E-state index >= 15 is 0 Å². The van der Waals surface area contributed by atoms with Crippen molar-refractivity contribution in [3.05, 3.63) is 29.6 Å². The molecule has 2 N–H and O–H groups in total. The van der Waals surface area contributed by atoms with Crippen LogP contribution in [-0.2, 0) is 11.3 Å². The fraction of sp³-hybridized carbons (Fsp3) is 0.333. The quantitative estimate of drug-likeness (QED) is 0.764. The summed E-state index contributed by atoms with van der Waals surface area (Å²) in [5.74, 6) is -0.463. The van der Waals surface area contributed by atoms with Gasteiger partial charge in [-0.2, -0.15) is 0 Å². The van der Waals surface area contributed by atoms with Gasteiger partial charge in [0.25, 0.3) is 6.43 Å². The standard InChI is InChI=1S/C9H10F3NO/c10-7-1-2-8(13)6(3-7)4-14-5-9(11)12/h1-3,9H,4-5,13H2. The van der Waals surface area contributed by atoms with Crippen LogP contribution in [0.2, 0.25) is 0 Å². The monoisotopic (exact) mass is 205 g/mol. The van der Waals surface area contributed by atoms with Gasteiger partial charge in [-0.05, 0) is 18.2 Å². The SMILES string of the molecule is Nc1ccc(F)cc1COCC(F)F. The summed E-state index contributed by atoms with van der Waals surface area (Å²) in [5.41, 5.74) is 6.19. The Labute approximate surface area is 79.5 Å². The Balaban J connectivity index is 2.53. The van der Waals surface area contributed by atoms with Crippen molar-refractivity contribution < 1.29 is 17.9 Å². The minimum Gasteiger partial charge on any atom is -0.398 e. The van der Waals surface area contributed by atoms with Crippen molar-refractivity contribution in [1.29, 1.82) is 0 Å². The van der Waals surface area contributed by atoms with Crippen LogP contribution in [-0.4, -0.2) is 13.0 Å². The maximum absolute atomic E-state index is 12.7. The van der Waals surface area contributed by atoms with E-state index in [2.05, 4.69) is 4.74 Å². The molecule has 0 aromatic heterocycles. The summed E-state index contributed by atoms with van der Waals surface area (Å²) in [7, 11) is 0. The van der Waals surface area contributed by atoms with E-state index in [0.717, 1.165) is 0 Å². The van der Waals surface area contributed by atoms with Gasteiger partial charge in [-0.3, -0.25) is 0 Å². The summed E-state index contributed by atoms with van der Waals surface area (Å²) in [5, 5.41) is 0. The van der Waals surface area contributed by atoms with Gasteiger partial charge in [0.2, 0.25) is 0 Å². The van der Waals surface area contributed by atoms with E-state index in [9.17, 15) is 13.2 Å². The van der Waals surface area contributed by atoms with E-state index in [1.54, 1.807) is 0 Å². The fourth-order valence-electron chi connectivity index (χ4n) is 0.957. The molecule has 2 nitrogen and oxygen atoms in total. The van der Waals surface area contributed by atoms with Gasteiger partial charge in [-0.15, -0.1) is 0 Å². The molecule has 0 aliphatic heterocycles. The van der Waals surface area contributed by atoms with Crippen LogP contribution in [0, 0.1) is 5.82 Å². The van der Waals surface area contributed by atoms with Crippen LogP contribution in [0.25, 0.3) is 0 Å². The number of hydrogen-bond acceptors (Lipinski definition) is 2. The zero-order valence-electron chi connectivity index (χ0n) is 7.34. The molecule has 1 rings (SSSR count). The Morgan fingerprint density at radius 2 is 2.07 bits per heavy atom. The molecule has 0 amide bonds. The summed E-state index contributed by atoms with van der Waals surface area (Å²) in [6.45, 7) is -0.774. The molecule has 0 heterocycles. The van der Waals surface area contributed by atoms with Crippen LogP contribution in [0.3, 0.4) is 0 Å². The van der Waals surface area contributed by atoms with Crippen molar-refractivity contribution in [3.8, 4) is 0 Å². The first-order valence-electron chi connectivity index (χ1n) is 3.99. The molecule has 0 saturated heterocycles. The molecule has 0 saturated carbocycles. The van der Waals surface area contributed by atoms with Crippen molar-refractivity contribution in [1.82, 2.24) is 0 Å². The van der Waals surface area contributed by atoms with Crippen LogP contribution in [0.4, 0.5) is 18.9 Å². The zero-order chi connectivity index (χ0) is 10.6. The van der Waals surface area contributed by atoms with Crippen LogP contribution >= 0.6 is 0 Å². The molecule has 0 aliphatic carbocycles. The second-order valence-electron chi connectivity index (χ2n) is 2.75. The maximum atomic E-state index is 12.7. The number of ether oxygens (including phenoxy) is 1. The van der Waals surface area contributed by atoms with Crippen molar-refractivity contribution in [2.45, 2.75) is 13.0 Å². The highest BCUT2D eigenvalue weighted by Gasteiger charge is 2.05. The molecule has 0 bridgehead atoms. The summed E-state index contributed by atoms with van der Waals surface area (Å²) in [4.78, 5) is 0. The van der Waals surface area contributed by atoms with Crippen LogP contribution in [0.15, 0.2) is 18.2 Å². The lowest BCUT2D eigenvalue weighted by Crippen LogP contribution is -2.05. The number of anilines is 1. The third kappa shape index (κ3) is 3.26. The second kappa shape index (κ2) is 4.85. The fourth-order valence-corrected chi connectivity index (χ4v) is 0.957. The lowest BCUT2D eigenvalue weighted by Gasteiger charge is -2.06. The van der Waals surface area contributed by atoms with E-state index in [1.165, 1.54) is 18.2 Å². The highest BCUT2D eigenvalue weighted by Crippen LogP contribution is 2.14. The first-order chi connectivity index (χ1) is 6.59. The van der Waals surface area contributed by atoms with Gasteiger partial charge >= 0.3 is 0 Å². The van der Waals surface area contributed by atoms with E-state index in [1.807, 2.05) is 0 Å². The second-order valence-corrected chi connectivity index (χ2v) is 2.75. The number of halogens is 3. The topological polar surface area (TPSA) is 35.2 Å². The van der Waals surface area contributed by atoms with E-state index in [4.69, 9.17) is 5.73 Å². The highest BCUT2D eigenvalue weighted by atomic mass is 19.3. The van der Waals surface area contributed by atoms with Crippen molar-refractivity contribution >= 4 is 5.69 Å². The van der Waals surface area contributed by atoms with Gasteiger partial charge < -0.3 is 10.5 Å². The molecule has 78 valence electrons. The third-order valence-corrected chi connectivity index (χ3v) is 1.61. The Bertz CT molecular complexity index is 304. The third-order valence-electron chi connectivity index (χ3n) is 1.61. The van der Waals surface area contributed by atoms with E-state index < -0.39 is 18.8 Å². The van der Waals surface area contributed by atoms with Gasteiger partial charge in [0.05, 0.1) is 6.61 Å². The average Bonchev–Trinajstić information content (AvgIpc) is 2.10. The maximum Gasteiger partial charge on any atom is 0.261 e. The van der Waals surface area contributed by atoms with Crippen molar-refractivity contribution in [2.75, 3.05) is 12.3 Å². The Morgan fingerprint density at radius 3 is 2.71 bits per heavy atom. The molecule has 1 aromatic carbocycles. The number of benzene rings is 1. The molecule has 0 unspecified atom stereocenters. The Hall–Kier alpha value is -1.23. The summed E-state index contributed by atoms with van der Waals surface area (Å²) >= 11 is 0.